The Kier molecular flexibility index (Phi) is 1.89. The van der Waals surface area contributed by atoms with Crippen LogP contribution in [-0.2, 0) is 0 Å². The Morgan fingerprint density at radius 2 is 1.29 bits per heavy atom. The Bertz CT molecular complexity index is 1050. The summed E-state index contributed by atoms with van der Waals surface area (Å²) in [7, 11) is 0. The van der Waals surface area contributed by atoms with Gasteiger partial charge in [-0.05, 0) is 18.2 Å². The van der Waals surface area contributed by atoms with Gasteiger partial charge in [-0.25, -0.2) is 14.4 Å². The number of hydrogen-bond donors (Lipinski definition) is 0. The lowest BCUT2D eigenvalue weighted by Gasteiger charge is -2.02. The zero-order valence-electron chi connectivity index (χ0n) is 11.0. The van der Waals surface area contributed by atoms with E-state index in [2.05, 4.69) is 9.98 Å². The Labute approximate surface area is 119 Å². The van der Waals surface area contributed by atoms with E-state index in [4.69, 9.17) is 0 Å². The Hall–Kier alpha value is -2.81. The molecule has 0 amide bonds. The van der Waals surface area contributed by atoms with Crippen LogP contribution in [0.15, 0.2) is 64.6 Å². The van der Waals surface area contributed by atoms with Gasteiger partial charge in [0, 0.05) is 22.3 Å². The molecule has 2 nitrogen and oxygen atoms in total. The number of nitrogens with zero attached hydrogens (tertiary/aromatic N) is 2. The zero-order chi connectivity index (χ0) is 14.0. The van der Waals surface area contributed by atoms with Gasteiger partial charge >= 0.3 is 0 Å². The second kappa shape index (κ2) is 3.64. The minimum Gasteiger partial charge on any atom is -0.245 e. The molecule has 0 saturated carbocycles. The van der Waals surface area contributed by atoms with Crippen LogP contribution in [0.5, 0.6) is 0 Å². The van der Waals surface area contributed by atoms with Crippen molar-refractivity contribution in [1.82, 2.24) is 0 Å². The van der Waals surface area contributed by atoms with Gasteiger partial charge in [0.1, 0.15) is 11.2 Å². The first-order chi connectivity index (χ1) is 10.3. The average Bonchev–Trinajstić information content (AvgIpc) is 3.06. The quantitative estimate of drug-likeness (QED) is 0.411. The molecule has 0 aliphatic carbocycles. The molecule has 2 aliphatic heterocycles. The van der Waals surface area contributed by atoms with Crippen molar-refractivity contribution >= 4 is 11.4 Å². The van der Waals surface area contributed by atoms with Crippen LogP contribution in [0.2, 0.25) is 0 Å². The molecular weight excluding hydrogens is 263 g/mol. The van der Waals surface area contributed by atoms with Crippen LogP contribution in [0.4, 0.5) is 15.8 Å². The monoisotopic (exact) mass is 272 g/mol. The van der Waals surface area contributed by atoms with Gasteiger partial charge in [-0.2, -0.15) is 0 Å². The molecular formula is C18H9FN2. The van der Waals surface area contributed by atoms with Crippen molar-refractivity contribution in [3.8, 4) is 22.3 Å². The number of halogens is 1. The van der Waals surface area contributed by atoms with Crippen molar-refractivity contribution in [1.29, 1.82) is 0 Å². The molecule has 2 heterocycles. The van der Waals surface area contributed by atoms with E-state index >= 15 is 0 Å². The Morgan fingerprint density at radius 3 is 2.10 bits per heavy atom. The van der Waals surface area contributed by atoms with Crippen molar-refractivity contribution in [3.05, 3.63) is 71.1 Å². The molecule has 0 bridgehead atoms. The molecule has 3 heteroatoms. The number of para-hydroxylation sites is 2. The number of rotatable bonds is 0. The molecule has 0 fully saturated rings. The highest BCUT2D eigenvalue weighted by atomic mass is 19.1. The van der Waals surface area contributed by atoms with Gasteiger partial charge in [-0.15, -0.1) is 0 Å². The van der Waals surface area contributed by atoms with Crippen LogP contribution < -0.4 is 10.7 Å². The first-order valence-electron chi connectivity index (χ1n) is 6.82. The van der Waals surface area contributed by atoms with Crippen LogP contribution in [0.1, 0.15) is 0 Å². The summed E-state index contributed by atoms with van der Waals surface area (Å²) in [6.45, 7) is 0. The maximum absolute atomic E-state index is 14.6. The van der Waals surface area contributed by atoms with Gasteiger partial charge in [0.25, 0.3) is 0 Å². The van der Waals surface area contributed by atoms with Crippen LogP contribution in [0.25, 0.3) is 22.3 Å². The fourth-order valence-electron chi connectivity index (χ4n) is 3.13. The van der Waals surface area contributed by atoms with Gasteiger partial charge in [-0.1, -0.05) is 36.4 Å². The lowest BCUT2D eigenvalue weighted by Crippen LogP contribution is -2.27. The third-order valence-corrected chi connectivity index (χ3v) is 4.06. The molecule has 3 aromatic carbocycles. The molecule has 0 unspecified atom stereocenters. The van der Waals surface area contributed by atoms with E-state index in [-0.39, 0.29) is 5.82 Å². The van der Waals surface area contributed by atoms with E-state index in [1.165, 1.54) is 0 Å². The second-order valence-electron chi connectivity index (χ2n) is 5.24. The van der Waals surface area contributed by atoms with Gasteiger partial charge < -0.3 is 0 Å². The van der Waals surface area contributed by atoms with Gasteiger partial charge in [0.15, 0.2) is 0 Å². The van der Waals surface area contributed by atoms with Crippen LogP contribution in [0, 0.1) is 5.82 Å². The van der Waals surface area contributed by atoms with Gasteiger partial charge in [-0.3, -0.25) is 0 Å². The molecule has 21 heavy (non-hydrogen) atoms. The third kappa shape index (κ3) is 1.30. The summed E-state index contributed by atoms with van der Waals surface area (Å²) in [6.07, 6.45) is 0. The minimum absolute atomic E-state index is 0.232. The normalized spacial score (nSPS) is 12.8. The van der Waals surface area contributed by atoms with Crippen molar-refractivity contribution in [2.75, 3.05) is 0 Å². The number of benzene rings is 3. The molecule has 0 atom stereocenters. The molecule has 3 aromatic rings. The molecule has 0 N–H and O–H groups in total. The fraction of sp³-hybridized carbons (Fsp3) is 0. The summed E-state index contributed by atoms with van der Waals surface area (Å²) in [6, 6.07) is 17.0. The highest BCUT2D eigenvalue weighted by Crippen LogP contribution is 2.37. The third-order valence-electron chi connectivity index (χ3n) is 4.06. The number of fused-ring (bicyclic) bond motifs is 7. The van der Waals surface area contributed by atoms with Crippen LogP contribution >= 0.6 is 0 Å². The van der Waals surface area contributed by atoms with E-state index in [0.717, 1.165) is 33.4 Å². The largest absolute Gasteiger partial charge is 0.245 e. The van der Waals surface area contributed by atoms with E-state index in [0.29, 0.717) is 10.9 Å². The standard InChI is InChI=1S/C18H9FN2/c19-13-9-12-10-5-1-3-7-14(10)20-17(12)18-16(13)11-6-2-4-8-15(11)21-18/h1-9H. The maximum Gasteiger partial charge on any atom is 0.134 e. The molecule has 2 aliphatic rings. The summed E-state index contributed by atoms with van der Waals surface area (Å²) in [5.41, 5.74) is 4.91. The smallest absolute Gasteiger partial charge is 0.134 e. The van der Waals surface area contributed by atoms with Gasteiger partial charge in [0.05, 0.1) is 16.7 Å². The summed E-state index contributed by atoms with van der Waals surface area (Å²) in [4.78, 5) is 9.25. The first kappa shape index (κ1) is 10.9. The first-order valence-corrected chi connectivity index (χ1v) is 6.82. The van der Waals surface area contributed by atoms with Crippen molar-refractivity contribution in [3.63, 3.8) is 0 Å². The topological polar surface area (TPSA) is 24.7 Å². The van der Waals surface area contributed by atoms with Gasteiger partial charge in [0.2, 0.25) is 0 Å². The van der Waals surface area contributed by atoms with E-state index in [1.807, 2.05) is 48.5 Å². The predicted molar refractivity (Wildman–Crippen MR) is 78.9 cm³/mol. The molecule has 0 aromatic heterocycles. The SMILES string of the molecule is Fc1cc2c(c3c1-c1ccccc1N=3)=Nc1ccccc1-2. The van der Waals surface area contributed by atoms with Crippen LogP contribution in [-0.4, -0.2) is 0 Å². The summed E-state index contributed by atoms with van der Waals surface area (Å²) < 4.78 is 14.6. The summed E-state index contributed by atoms with van der Waals surface area (Å²) >= 11 is 0. The number of hydrogen-bond acceptors (Lipinski definition) is 2. The molecule has 0 spiro atoms. The molecule has 98 valence electrons. The van der Waals surface area contributed by atoms with Crippen LogP contribution in [0.3, 0.4) is 0 Å². The fourth-order valence-corrected chi connectivity index (χ4v) is 3.13. The highest BCUT2D eigenvalue weighted by Gasteiger charge is 2.24. The predicted octanol–water partition coefficient (Wildman–Crippen LogP) is 3.69. The maximum atomic E-state index is 14.6. The van der Waals surface area contributed by atoms with Crippen molar-refractivity contribution in [2.24, 2.45) is 9.98 Å². The summed E-state index contributed by atoms with van der Waals surface area (Å²) in [5.74, 6) is -0.232. The lowest BCUT2D eigenvalue weighted by atomic mass is 10.00. The minimum atomic E-state index is -0.232. The van der Waals surface area contributed by atoms with Crippen molar-refractivity contribution < 1.29 is 4.39 Å². The van der Waals surface area contributed by atoms with E-state index < -0.39 is 0 Å². The second-order valence-corrected chi connectivity index (χ2v) is 5.24. The lowest BCUT2D eigenvalue weighted by molar-refractivity contribution is 0.630. The summed E-state index contributed by atoms with van der Waals surface area (Å²) in [5, 5.41) is 1.44. The average molecular weight is 272 g/mol. The molecule has 5 rings (SSSR count). The van der Waals surface area contributed by atoms with E-state index in [1.54, 1.807) is 6.07 Å². The molecule has 0 saturated heterocycles. The Morgan fingerprint density at radius 1 is 0.667 bits per heavy atom. The Balaban J connectivity index is 1.97. The van der Waals surface area contributed by atoms with E-state index in [9.17, 15) is 4.39 Å². The zero-order valence-corrected chi connectivity index (χ0v) is 11.0. The van der Waals surface area contributed by atoms with Crippen molar-refractivity contribution in [2.45, 2.75) is 0 Å². The highest BCUT2D eigenvalue weighted by molar-refractivity contribution is 5.85. The molecule has 0 radical (unpaired) electrons.